The van der Waals surface area contributed by atoms with Crippen molar-refractivity contribution in [3.05, 3.63) is 56.5 Å². The van der Waals surface area contributed by atoms with E-state index < -0.39 is 0 Å². The van der Waals surface area contributed by atoms with Gasteiger partial charge < -0.3 is 4.90 Å². The lowest BCUT2D eigenvalue weighted by molar-refractivity contribution is 0.313. The Labute approximate surface area is 136 Å². The van der Waals surface area contributed by atoms with Gasteiger partial charge in [0.2, 0.25) is 0 Å². The molecule has 1 aromatic carbocycles. The third-order valence-electron chi connectivity index (χ3n) is 4.89. The van der Waals surface area contributed by atoms with Crippen LogP contribution >= 0.6 is 11.3 Å². The van der Waals surface area contributed by atoms with Crippen LogP contribution in [-0.4, -0.2) is 30.0 Å². The monoisotopic (exact) mass is 310 g/mol. The van der Waals surface area contributed by atoms with Crippen LogP contribution in [0.3, 0.4) is 0 Å². The SMILES string of the molecule is Cc1nc2c(s1)CCc1ccccc1C2=C1CCN(C)CC1. The van der Waals surface area contributed by atoms with Gasteiger partial charge in [-0.05, 0) is 50.8 Å². The van der Waals surface area contributed by atoms with E-state index in [4.69, 9.17) is 4.98 Å². The number of aryl methyl sites for hydroxylation is 3. The zero-order valence-corrected chi connectivity index (χ0v) is 14.2. The summed E-state index contributed by atoms with van der Waals surface area (Å²) in [5.41, 5.74) is 7.28. The fourth-order valence-electron chi connectivity index (χ4n) is 3.69. The van der Waals surface area contributed by atoms with Gasteiger partial charge in [-0.1, -0.05) is 29.8 Å². The van der Waals surface area contributed by atoms with E-state index in [0.29, 0.717) is 0 Å². The number of thiazole rings is 1. The first-order valence-corrected chi connectivity index (χ1v) is 8.99. The summed E-state index contributed by atoms with van der Waals surface area (Å²) in [4.78, 5) is 8.84. The first-order chi connectivity index (χ1) is 10.7. The number of benzene rings is 1. The van der Waals surface area contributed by atoms with Gasteiger partial charge in [-0.25, -0.2) is 4.98 Å². The lowest BCUT2D eigenvalue weighted by Gasteiger charge is -2.26. The van der Waals surface area contributed by atoms with Crippen LogP contribution in [0.2, 0.25) is 0 Å². The second kappa shape index (κ2) is 5.64. The van der Waals surface area contributed by atoms with E-state index in [1.54, 1.807) is 5.57 Å². The van der Waals surface area contributed by atoms with Crippen molar-refractivity contribution >= 4 is 16.9 Å². The molecule has 0 spiro atoms. The quantitative estimate of drug-likeness (QED) is 0.729. The molecule has 0 amide bonds. The minimum absolute atomic E-state index is 1.13. The highest BCUT2D eigenvalue weighted by atomic mass is 32.1. The first-order valence-electron chi connectivity index (χ1n) is 8.18. The molecule has 0 unspecified atom stereocenters. The second-order valence-electron chi connectivity index (χ2n) is 6.44. The molecule has 0 bridgehead atoms. The lowest BCUT2D eigenvalue weighted by Crippen LogP contribution is -2.27. The largest absolute Gasteiger partial charge is 0.306 e. The van der Waals surface area contributed by atoms with Crippen LogP contribution in [0.5, 0.6) is 0 Å². The predicted octanol–water partition coefficient (Wildman–Crippen LogP) is 4.08. The highest BCUT2D eigenvalue weighted by Gasteiger charge is 2.25. The molecule has 1 aromatic heterocycles. The van der Waals surface area contributed by atoms with Crippen molar-refractivity contribution in [3.8, 4) is 0 Å². The van der Waals surface area contributed by atoms with E-state index in [0.717, 1.165) is 12.8 Å². The molecule has 0 saturated carbocycles. The number of hydrogen-bond donors (Lipinski definition) is 0. The topological polar surface area (TPSA) is 16.1 Å². The molecular formula is C19H22N2S. The predicted molar refractivity (Wildman–Crippen MR) is 93.5 cm³/mol. The van der Waals surface area contributed by atoms with E-state index in [9.17, 15) is 0 Å². The van der Waals surface area contributed by atoms with Gasteiger partial charge in [0.25, 0.3) is 0 Å². The highest BCUT2D eigenvalue weighted by Crippen LogP contribution is 2.39. The number of piperidine rings is 1. The number of likely N-dealkylation sites (tertiary alicyclic amines) is 1. The third kappa shape index (κ3) is 2.42. The lowest BCUT2D eigenvalue weighted by atomic mass is 9.89. The van der Waals surface area contributed by atoms with Gasteiger partial charge in [-0.3, -0.25) is 0 Å². The molecule has 2 aliphatic rings. The summed E-state index contributed by atoms with van der Waals surface area (Å²) < 4.78 is 0. The maximum absolute atomic E-state index is 4.93. The molecule has 22 heavy (non-hydrogen) atoms. The number of hydrogen-bond acceptors (Lipinski definition) is 3. The molecule has 1 fully saturated rings. The van der Waals surface area contributed by atoms with Crippen molar-refractivity contribution in [1.29, 1.82) is 0 Å². The Balaban J connectivity index is 1.93. The smallest absolute Gasteiger partial charge is 0.0904 e. The molecular weight excluding hydrogens is 288 g/mol. The fraction of sp³-hybridized carbons (Fsp3) is 0.421. The molecule has 0 atom stereocenters. The fourth-order valence-corrected chi connectivity index (χ4v) is 4.63. The molecule has 0 radical (unpaired) electrons. The van der Waals surface area contributed by atoms with Gasteiger partial charge in [0.1, 0.15) is 0 Å². The van der Waals surface area contributed by atoms with Crippen LogP contribution < -0.4 is 0 Å². The second-order valence-corrected chi connectivity index (χ2v) is 7.73. The summed E-state index contributed by atoms with van der Waals surface area (Å²) in [6.45, 7) is 4.47. The summed E-state index contributed by atoms with van der Waals surface area (Å²) in [6.07, 6.45) is 4.63. The normalized spacial score (nSPS) is 18.8. The Bertz CT molecular complexity index is 732. The Morgan fingerprint density at radius 2 is 1.82 bits per heavy atom. The molecule has 1 aliphatic carbocycles. The summed E-state index contributed by atoms with van der Waals surface area (Å²) in [5, 5.41) is 1.20. The van der Waals surface area contributed by atoms with Crippen molar-refractivity contribution in [1.82, 2.24) is 9.88 Å². The average Bonchev–Trinajstić information content (AvgIpc) is 2.82. The summed E-state index contributed by atoms with van der Waals surface area (Å²) in [7, 11) is 2.22. The first kappa shape index (κ1) is 14.2. The Kier molecular flexibility index (Phi) is 3.63. The van der Waals surface area contributed by atoms with Crippen LogP contribution in [0.1, 0.15) is 39.5 Å². The van der Waals surface area contributed by atoms with E-state index in [2.05, 4.69) is 43.1 Å². The Morgan fingerprint density at radius 3 is 2.64 bits per heavy atom. The minimum atomic E-state index is 1.13. The van der Waals surface area contributed by atoms with Gasteiger partial charge in [0.15, 0.2) is 0 Å². The maximum atomic E-state index is 4.93. The highest BCUT2D eigenvalue weighted by molar-refractivity contribution is 7.11. The number of nitrogens with zero attached hydrogens (tertiary/aromatic N) is 2. The van der Waals surface area contributed by atoms with Gasteiger partial charge in [-0.2, -0.15) is 0 Å². The molecule has 4 rings (SSSR count). The zero-order valence-electron chi connectivity index (χ0n) is 13.4. The summed E-state index contributed by atoms with van der Waals surface area (Å²) in [5.74, 6) is 0. The molecule has 114 valence electrons. The standard InChI is InChI=1S/C19H22N2S/c1-13-20-19-17(22-13)8-7-14-5-3-4-6-16(14)18(19)15-9-11-21(2)12-10-15/h3-6H,7-12H2,1-2H3. The van der Waals surface area contributed by atoms with Crippen LogP contribution in [0.25, 0.3) is 5.57 Å². The molecule has 3 heteroatoms. The van der Waals surface area contributed by atoms with Gasteiger partial charge in [-0.15, -0.1) is 11.3 Å². The maximum Gasteiger partial charge on any atom is 0.0904 e. The average molecular weight is 310 g/mol. The van der Waals surface area contributed by atoms with Gasteiger partial charge >= 0.3 is 0 Å². The number of fused-ring (bicyclic) bond motifs is 2. The Morgan fingerprint density at radius 1 is 1.05 bits per heavy atom. The van der Waals surface area contributed by atoms with E-state index in [-0.39, 0.29) is 0 Å². The van der Waals surface area contributed by atoms with Gasteiger partial charge in [0.05, 0.1) is 10.7 Å². The Hall–Kier alpha value is -1.45. The van der Waals surface area contributed by atoms with Crippen molar-refractivity contribution in [2.75, 3.05) is 20.1 Å². The van der Waals surface area contributed by atoms with Crippen LogP contribution in [0, 0.1) is 6.92 Å². The summed E-state index contributed by atoms with van der Waals surface area (Å²) in [6, 6.07) is 8.96. The van der Waals surface area contributed by atoms with Gasteiger partial charge in [0, 0.05) is 23.5 Å². The van der Waals surface area contributed by atoms with Crippen molar-refractivity contribution < 1.29 is 0 Å². The summed E-state index contributed by atoms with van der Waals surface area (Å²) >= 11 is 1.89. The molecule has 1 aliphatic heterocycles. The molecule has 2 aromatic rings. The zero-order chi connectivity index (χ0) is 15.1. The van der Waals surface area contributed by atoms with Crippen molar-refractivity contribution in [2.24, 2.45) is 0 Å². The minimum Gasteiger partial charge on any atom is -0.306 e. The third-order valence-corrected chi connectivity index (χ3v) is 5.92. The molecule has 1 saturated heterocycles. The molecule has 2 nitrogen and oxygen atoms in total. The number of aromatic nitrogens is 1. The van der Waals surface area contributed by atoms with Crippen LogP contribution in [-0.2, 0) is 12.8 Å². The van der Waals surface area contributed by atoms with E-state index >= 15 is 0 Å². The van der Waals surface area contributed by atoms with Crippen molar-refractivity contribution in [2.45, 2.75) is 32.6 Å². The van der Waals surface area contributed by atoms with E-state index in [1.165, 1.54) is 58.2 Å². The van der Waals surface area contributed by atoms with Crippen LogP contribution in [0.15, 0.2) is 29.8 Å². The van der Waals surface area contributed by atoms with Crippen molar-refractivity contribution in [3.63, 3.8) is 0 Å². The van der Waals surface area contributed by atoms with Crippen LogP contribution in [0.4, 0.5) is 0 Å². The molecule has 0 N–H and O–H groups in total. The van der Waals surface area contributed by atoms with E-state index in [1.807, 2.05) is 11.3 Å². The number of rotatable bonds is 0. The molecule has 2 heterocycles.